The Balaban J connectivity index is 1.28. The lowest BCUT2D eigenvalue weighted by Gasteiger charge is -2.26. The number of rotatable bonds is 17. The molecule has 3 heterocycles. The molecule has 1 aliphatic rings. The summed E-state index contributed by atoms with van der Waals surface area (Å²) in [5.41, 5.74) is 5.21. The number of anilines is 2. The standard InChI is InChI=1S/C39H49N5O4S/c1-5-7-19-47-20-21-48-36-12-8-30(9-13-36)33-23-32-22-31(16-18-43(26-29(3)4)38(32)41-24-33)39(45)42-34-10-14-37(15-11-34)49(46)27-35-25-40-28-44(35)17-6-2/h8-15,22-25,28-29H,5-7,16-21,26-27H2,1-4H3,(H,42,45). The average molecular weight is 684 g/mol. The highest BCUT2D eigenvalue weighted by atomic mass is 32.2. The van der Waals surface area contributed by atoms with Crippen LogP contribution >= 0.6 is 0 Å². The maximum Gasteiger partial charge on any atom is 0.251 e. The van der Waals surface area contributed by atoms with E-state index in [4.69, 9.17) is 14.5 Å². The quantitative estimate of drug-likeness (QED) is 0.114. The molecule has 0 radical (unpaired) electrons. The Morgan fingerprint density at radius 2 is 1.78 bits per heavy atom. The van der Waals surface area contributed by atoms with Crippen LogP contribution in [-0.2, 0) is 32.6 Å². The van der Waals surface area contributed by atoms with E-state index in [0.29, 0.717) is 54.0 Å². The molecule has 0 spiro atoms. The normalized spacial score (nSPS) is 13.5. The number of hydrogen-bond donors (Lipinski definition) is 1. The molecule has 9 nitrogen and oxygen atoms in total. The van der Waals surface area contributed by atoms with Crippen LogP contribution < -0.4 is 15.0 Å². The van der Waals surface area contributed by atoms with Gasteiger partial charge in [-0.2, -0.15) is 0 Å². The number of imidazole rings is 1. The molecule has 0 fully saturated rings. The maximum absolute atomic E-state index is 13.6. The van der Waals surface area contributed by atoms with E-state index in [1.54, 1.807) is 12.5 Å². The first-order valence-corrected chi connectivity index (χ1v) is 18.7. The van der Waals surface area contributed by atoms with Gasteiger partial charge in [0.15, 0.2) is 0 Å². The number of aryl methyl sites for hydroxylation is 1. The Morgan fingerprint density at radius 1 is 0.980 bits per heavy atom. The molecule has 0 saturated carbocycles. The van der Waals surface area contributed by atoms with Crippen LogP contribution in [0, 0.1) is 5.92 Å². The molecule has 260 valence electrons. The molecule has 10 heteroatoms. The molecule has 0 bridgehead atoms. The van der Waals surface area contributed by atoms with Crippen LogP contribution in [0.3, 0.4) is 0 Å². The summed E-state index contributed by atoms with van der Waals surface area (Å²) in [6, 6.07) is 17.4. The highest BCUT2D eigenvalue weighted by Gasteiger charge is 2.22. The average Bonchev–Trinajstić information content (AvgIpc) is 3.45. The largest absolute Gasteiger partial charge is 0.491 e. The van der Waals surface area contributed by atoms with Crippen LogP contribution in [0.15, 0.2) is 83.8 Å². The third-order valence-corrected chi connectivity index (χ3v) is 9.65. The number of hydrogen-bond acceptors (Lipinski definition) is 7. The number of carbonyl (C=O) groups excluding carboxylic acids is 1. The third-order valence-electron chi connectivity index (χ3n) is 8.30. The number of unbranched alkanes of at least 4 members (excludes halogenated alkanes) is 1. The summed E-state index contributed by atoms with van der Waals surface area (Å²) in [5, 5.41) is 3.06. The summed E-state index contributed by atoms with van der Waals surface area (Å²) < 4.78 is 26.6. The first kappa shape index (κ1) is 36.0. The predicted octanol–water partition coefficient (Wildman–Crippen LogP) is 7.75. The fraction of sp³-hybridized carbons (Fsp3) is 0.410. The smallest absolute Gasteiger partial charge is 0.251 e. The van der Waals surface area contributed by atoms with E-state index in [0.717, 1.165) is 72.9 Å². The number of fused-ring (bicyclic) bond motifs is 1. The number of pyridine rings is 1. The fourth-order valence-electron chi connectivity index (χ4n) is 5.76. The van der Waals surface area contributed by atoms with Crippen LogP contribution in [0.5, 0.6) is 5.75 Å². The Morgan fingerprint density at radius 3 is 2.51 bits per heavy atom. The molecule has 0 saturated heterocycles. The van der Waals surface area contributed by atoms with Crippen molar-refractivity contribution in [2.45, 2.75) is 70.6 Å². The molecule has 1 amide bonds. The van der Waals surface area contributed by atoms with Crippen molar-refractivity contribution in [3.63, 3.8) is 0 Å². The van der Waals surface area contributed by atoms with E-state index in [1.807, 2.05) is 65.4 Å². The van der Waals surface area contributed by atoms with Gasteiger partial charge in [0.05, 0.1) is 35.2 Å². The van der Waals surface area contributed by atoms with Gasteiger partial charge < -0.3 is 24.3 Å². The zero-order valence-electron chi connectivity index (χ0n) is 29.2. The molecule has 0 aliphatic carbocycles. The van der Waals surface area contributed by atoms with Gasteiger partial charge in [0.2, 0.25) is 0 Å². The van der Waals surface area contributed by atoms with E-state index < -0.39 is 10.8 Å². The second-order valence-electron chi connectivity index (χ2n) is 12.8. The lowest BCUT2D eigenvalue weighted by molar-refractivity contribution is -0.112. The van der Waals surface area contributed by atoms with Crippen molar-refractivity contribution in [1.82, 2.24) is 14.5 Å². The molecule has 1 atom stereocenters. The number of amides is 1. The maximum atomic E-state index is 13.6. The van der Waals surface area contributed by atoms with E-state index in [9.17, 15) is 9.00 Å². The second kappa shape index (κ2) is 17.9. The molecular weight excluding hydrogens is 635 g/mol. The number of ether oxygens (including phenoxy) is 2. The van der Waals surface area contributed by atoms with Gasteiger partial charge in [-0.3, -0.25) is 9.00 Å². The summed E-state index contributed by atoms with van der Waals surface area (Å²) in [6.45, 7) is 12.9. The van der Waals surface area contributed by atoms with Crippen LogP contribution in [0.1, 0.15) is 64.6 Å². The Bertz CT molecular complexity index is 1720. The molecule has 1 N–H and O–H groups in total. The van der Waals surface area contributed by atoms with Gasteiger partial charge in [-0.25, -0.2) is 9.97 Å². The second-order valence-corrected chi connectivity index (χ2v) is 14.2. The Hall–Kier alpha value is -4.28. The van der Waals surface area contributed by atoms with Crippen LogP contribution in [0.25, 0.3) is 17.2 Å². The number of nitrogens with zero attached hydrogens (tertiary/aromatic N) is 4. The fourth-order valence-corrected chi connectivity index (χ4v) is 6.88. The number of aromatic nitrogens is 3. The van der Waals surface area contributed by atoms with E-state index >= 15 is 0 Å². The molecule has 2 aromatic carbocycles. The summed E-state index contributed by atoms with van der Waals surface area (Å²) in [4.78, 5) is 25.7. The Kier molecular flexibility index (Phi) is 13.2. The first-order valence-electron chi connectivity index (χ1n) is 17.4. The van der Waals surface area contributed by atoms with Crippen molar-refractivity contribution < 1.29 is 18.5 Å². The van der Waals surface area contributed by atoms with E-state index in [-0.39, 0.29) is 5.91 Å². The topological polar surface area (TPSA) is 98.6 Å². The van der Waals surface area contributed by atoms with E-state index in [2.05, 4.69) is 49.0 Å². The zero-order valence-corrected chi connectivity index (χ0v) is 30.0. The van der Waals surface area contributed by atoms with E-state index in [1.165, 1.54) is 0 Å². The minimum absolute atomic E-state index is 0.153. The molecule has 2 aromatic heterocycles. The van der Waals surface area contributed by atoms with Crippen molar-refractivity contribution in [2.75, 3.05) is 43.1 Å². The van der Waals surface area contributed by atoms with Crippen molar-refractivity contribution in [3.8, 4) is 16.9 Å². The molecule has 1 aliphatic heterocycles. The van der Waals surface area contributed by atoms with Crippen molar-refractivity contribution in [2.24, 2.45) is 5.92 Å². The Labute approximate surface area is 293 Å². The minimum atomic E-state index is -1.22. The summed E-state index contributed by atoms with van der Waals surface area (Å²) >= 11 is 0. The lowest BCUT2D eigenvalue weighted by atomic mass is 10.0. The SMILES string of the molecule is CCCCOCCOc1ccc(-c2cnc3c(c2)C=C(C(=O)Nc2ccc(S(=O)Cc4cncn4CCC)cc2)CCN3CC(C)C)cc1. The van der Waals surface area contributed by atoms with Gasteiger partial charge in [-0.15, -0.1) is 0 Å². The van der Waals surface area contributed by atoms with Gasteiger partial charge in [-0.05, 0) is 79.3 Å². The summed E-state index contributed by atoms with van der Waals surface area (Å²) in [5.74, 6) is 2.36. The van der Waals surface area contributed by atoms with Gasteiger partial charge in [0.25, 0.3) is 5.91 Å². The summed E-state index contributed by atoms with van der Waals surface area (Å²) in [7, 11) is -1.22. The first-order chi connectivity index (χ1) is 23.8. The summed E-state index contributed by atoms with van der Waals surface area (Å²) in [6.07, 6.45) is 11.2. The molecule has 4 aromatic rings. The monoisotopic (exact) mass is 683 g/mol. The third kappa shape index (κ3) is 10.1. The predicted molar refractivity (Wildman–Crippen MR) is 198 cm³/mol. The van der Waals surface area contributed by atoms with Crippen molar-refractivity contribution in [1.29, 1.82) is 0 Å². The van der Waals surface area contributed by atoms with Gasteiger partial charge >= 0.3 is 0 Å². The number of benzene rings is 2. The van der Waals surface area contributed by atoms with Crippen molar-refractivity contribution in [3.05, 3.63) is 90.1 Å². The lowest BCUT2D eigenvalue weighted by Crippen LogP contribution is -2.30. The molecular formula is C39H49N5O4S. The van der Waals surface area contributed by atoms with Gasteiger partial charge in [0, 0.05) is 65.9 Å². The number of nitrogens with one attached hydrogen (secondary N) is 1. The molecule has 1 unspecified atom stereocenters. The van der Waals surface area contributed by atoms with Gasteiger partial charge in [0.1, 0.15) is 18.2 Å². The van der Waals surface area contributed by atoms with Crippen LogP contribution in [-0.4, -0.2) is 57.6 Å². The zero-order chi connectivity index (χ0) is 34.6. The molecule has 5 rings (SSSR count). The minimum Gasteiger partial charge on any atom is -0.491 e. The number of carbonyl (C=O) groups is 1. The van der Waals surface area contributed by atoms with Crippen molar-refractivity contribution >= 4 is 34.3 Å². The van der Waals surface area contributed by atoms with Crippen LogP contribution in [0.2, 0.25) is 0 Å². The highest BCUT2D eigenvalue weighted by Crippen LogP contribution is 2.32. The van der Waals surface area contributed by atoms with Crippen LogP contribution in [0.4, 0.5) is 11.5 Å². The highest BCUT2D eigenvalue weighted by molar-refractivity contribution is 7.84. The van der Waals surface area contributed by atoms with Gasteiger partial charge in [-0.1, -0.05) is 46.2 Å². The molecule has 49 heavy (non-hydrogen) atoms.